The van der Waals surface area contributed by atoms with Crippen LogP contribution in [-0.4, -0.2) is 42.1 Å². The van der Waals surface area contributed by atoms with Crippen molar-refractivity contribution in [3.8, 4) is 0 Å². The van der Waals surface area contributed by atoms with Crippen molar-refractivity contribution < 1.29 is 8.42 Å². The van der Waals surface area contributed by atoms with Crippen LogP contribution in [0.5, 0.6) is 0 Å². The number of aromatic nitrogens is 1. The van der Waals surface area contributed by atoms with Gasteiger partial charge in [0.05, 0.1) is 33.8 Å². The lowest BCUT2D eigenvalue weighted by Crippen LogP contribution is -2.36. The van der Waals surface area contributed by atoms with E-state index in [1.807, 2.05) is 29.2 Å². The van der Waals surface area contributed by atoms with Crippen molar-refractivity contribution in [3.05, 3.63) is 24.3 Å². The van der Waals surface area contributed by atoms with Crippen molar-refractivity contribution in [2.75, 3.05) is 16.4 Å². The molecule has 8 heteroatoms. The Morgan fingerprint density at radius 1 is 1.35 bits per heavy atom. The van der Waals surface area contributed by atoms with Gasteiger partial charge in [-0.2, -0.15) is 0 Å². The molecule has 2 aromatic rings. The van der Waals surface area contributed by atoms with Crippen LogP contribution < -0.4 is 10.2 Å². The number of hydrogen-bond acceptors (Lipinski definition) is 5. The van der Waals surface area contributed by atoms with Gasteiger partial charge in [0.15, 0.2) is 20.1 Å². The minimum atomic E-state index is -2.99. The number of hydrogen-bond donors (Lipinski definition) is 1. The first-order chi connectivity index (χ1) is 9.53. The maximum atomic E-state index is 11.8. The van der Waals surface area contributed by atoms with Crippen molar-refractivity contribution in [3.63, 3.8) is 0 Å². The van der Waals surface area contributed by atoms with Crippen LogP contribution in [0.2, 0.25) is 0 Å². The highest BCUT2D eigenvalue weighted by molar-refractivity contribution is 7.91. The summed E-state index contributed by atoms with van der Waals surface area (Å²) in [6, 6.07) is 7.62. The number of rotatable bonds is 1. The lowest BCUT2D eigenvalue weighted by molar-refractivity contribution is 0.600. The van der Waals surface area contributed by atoms with Gasteiger partial charge in [-0.1, -0.05) is 23.5 Å². The fourth-order valence-corrected chi connectivity index (χ4v) is 6.14. The summed E-state index contributed by atoms with van der Waals surface area (Å²) in [5.41, 5.74) is 0.916. The van der Waals surface area contributed by atoms with Gasteiger partial charge in [0.25, 0.3) is 0 Å². The summed E-state index contributed by atoms with van der Waals surface area (Å²) >= 11 is 6.88. The molecule has 3 heterocycles. The molecule has 4 rings (SSSR count). The quantitative estimate of drug-likeness (QED) is 0.794. The molecule has 0 unspecified atom stereocenters. The van der Waals surface area contributed by atoms with E-state index in [0.717, 1.165) is 15.3 Å². The van der Waals surface area contributed by atoms with E-state index in [-0.39, 0.29) is 23.6 Å². The molecule has 1 N–H and O–H groups in total. The third-order valence-corrected chi connectivity index (χ3v) is 6.74. The minimum absolute atomic E-state index is 0.112. The molecule has 2 saturated heterocycles. The van der Waals surface area contributed by atoms with Crippen LogP contribution in [0, 0.1) is 0 Å². The van der Waals surface area contributed by atoms with Crippen molar-refractivity contribution in [1.82, 2.24) is 10.3 Å². The molecule has 0 spiro atoms. The molecule has 0 amide bonds. The summed E-state index contributed by atoms with van der Waals surface area (Å²) in [5.74, 6) is 0.292. The predicted octanol–water partition coefficient (Wildman–Crippen LogP) is 1.16. The van der Waals surface area contributed by atoms with E-state index in [2.05, 4.69) is 10.3 Å². The zero-order valence-electron chi connectivity index (χ0n) is 10.3. The van der Waals surface area contributed by atoms with Crippen LogP contribution in [0.3, 0.4) is 0 Å². The molecule has 20 heavy (non-hydrogen) atoms. The van der Waals surface area contributed by atoms with E-state index in [1.165, 1.54) is 11.3 Å². The first-order valence-electron chi connectivity index (χ1n) is 6.19. The Kier molecular flexibility index (Phi) is 2.57. The van der Waals surface area contributed by atoms with Gasteiger partial charge in [-0.05, 0) is 24.4 Å². The second-order valence-corrected chi connectivity index (χ2v) is 8.58. The second kappa shape index (κ2) is 4.12. The van der Waals surface area contributed by atoms with Gasteiger partial charge in [0.2, 0.25) is 0 Å². The van der Waals surface area contributed by atoms with Crippen molar-refractivity contribution >= 4 is 53.9 Å². The minimum Gasteiger partial charge on any atom is -0.356 e. The molecule has 0 radical (unpaired) electrons. The zero-order valence-corrected chi connectivity index (χ0v) is 12.8. The number of thiocarbonyl (C=S) groups is 1. The molecule has 2 aliphatic heterocycles. The molecule has 1 aromatic carbocycles. The molecule has 0 bridgehead atoms. The van der Waals surface area contributed by atoms with Crippen LogP contribution in [0.4, 0.5) is 5.13 Å². The summed E-state index contributed by atoms with van der Waals surface area (Å²) < 4.78 is 24.6. The SMILES string of the molecule is O=S1(=O)C[C@@H]2NC(=S)N(c3nc4ccccc4s3)[C@H]2C1. The molecule has 2 aliphatic rings. The number of benzene rings is 1. The molecular formula is C12H11N3O2S3. The Hall–Kier alpha value is -1.25. The van der Waals surface area contributed by atoms with Crippen LogP contribution >= 0.6 is 23.6 Å². The number of fused-ring (bicyclic) bond motifs is 2. The van der Waals surface area contributed by atoms with Crippen LogP contribution in [0.1, 0.15) is 0 Å². The standard InChI is InChI=1S/C12H11N3O2S3/c16-20(17)5-8-9(6-20)15(11(18)13-8)12-14-7-3-1-2-4-10(7)19-12/h1-4,8-9H,5-6H2,(H,13,18)/t8-,9-/m0/s1. The van der Waals surface area contributed by atoms with Gasteiger partial charge in [-0.15, -0.1) is 0 Å². The highest BCUT2D eigenvalue weighted by atomic mass is 32.2. The Morgan fingerprint density at radius 2 is 2.15 bits per heavy atom. The van der Waals surface area contributed by atoms with Gasteiger partial charge in [0.1, 0.15) is 0 Å². The van der Waals surface area contributed by atoms with E-state index in [0.29, 0.717) is 5.11 Å². The largest absolute Gasteiger partial charge is 0.356 e. The van der Waals surface area contributed by atoms with E-state index in [1.54, 1.807) is 0 Å². The lowest BCUT2D eigenvalue weighted by atomic mass is 10.2. The molecular weight excluding hydrogens is 314 g/mol. The average Bonchev–Trinajstić information content (AvgIpc) is 2.97. The van der Waals surface area contributed by atoms with E-state index in [4.69, 9.17) is 12.2 Å². The zero-order chi connectivity index (χ0) is 13.9. The number of sulfone groups is 1. The summed E-state index contributed by atoms with van der Waals surface area (Å²) in [6.45, 7) is 0. The highest BCUT2D eigenvalue weighted by Gasteiger charge is 2.48. The lowest BCUT2D eigenvalue weighted by Gasteiger charge is -2.19. The van der Waals surface area contributed by atoms with Gasteiger partial charge >= 0.3 is 0 Å². The fraction of sp³-hybridized carbons (Fsp3) is 0.333. The molecule has 2 atom stereocenters. The van der Waals surface area contributed by atoms with Crippen molar-refractivity contribution in [1.29, 1.82) is 0 Å². The van der Waals surface area contributed by atoms with Crippen molar-refractivity contribution in [2.45, 2.75) is 12.1 Å². The maximum absolute atomic E-state index is 11.8. The van der Waals surface area contributed by atoms with E-state index >= 15 is 0 Å². The number of thiazole rings is 1. The molecule has 2 fully saturated rings. The van der Waals surface area contributed by atoms with Gasteiger partial charge in [-0.25, -0.2) is 13.4 Å². The molecule has 5 nitrogen and oxygen atoms in total. The number of nitrogens with zero attached hydrogens (tertiary/aromatic N) is 2. The first kappa shape index (κ1) is 12.5. The average molecular weight is 325 g/mol. The third-order valence-electron chi connectivity index (χ3n) is 3.67. The third kappa shape index (κ3) is 1.82. The Bertz CT molecular complexity index is 781. The second-order valence-electron chi connectivity index (χ2n) is 5.03. The Balaban J connectivity index is 1.78. The van der Waals surface area contributed by atoms with E-state index in [9.17, 15) is 8.42 Å². The highest BCUT2D eigenvalue weighted by Crippen LogP contribution is 2.34. The summed E-state index contributed by atoms with van der Waals surface area (Å²) in [4.78, 5) is 6.45. The molecule has 0 aliphatic carbocycles. The monoisotopic (exact) mass is 325 g/mol. The van der Waals surface area contributed by atoms with Gasteiger partial charge in [0, 0.05) is 0 Å². The number of para-hydroxylation sites is 1. The van der Waals surface area contributed by atoms with Crippen LogP contribution in [0.15, 0.2) is 24.3 Å². The van der Waals surface area contributed by atoms with Crippen molar-refractivity contribution in [2.24, 2.45) is 0 Å². The van der Waals surface area contributed by atoms with Gasteiger partial charge < -0.3 is 5.32 Å². The maximum Gasteiger partial charge on any atom is 0.193 e. The first-order valence-corrected chi connectivity index (χ1v) is 9.24. The van der Waals surface area contributed by atoms with Crippen LogP contribution in [-0.2, 0) is 9.84 Å². The predicted molar refractivity (Wildman–Crippen MR) is 84.1 cm³/mol. The summed E-state index contributed by atoms with van der Waals surface area (Å²) in [6.07, 6.45) is 0. The number of anilines is 1. The Labute approximate surface area is 125 Å². The molecule has 104 valence electrons. The van der Waals surface area contributed by atoms with E-state index < -0.39 is 9.84 Å². The summed E-state index contributed by atoms with van der Waals surface area (Å²) in [5, 5.41) is 4.46. The topological polar surface area (TPSA) is 62.3 Å². The summed E-state index contributed by atoms with van der Waals surface area (Å²) in [7, 11) is -2.99. The number of nitrogens with one attached hydrogen (secondary N) is 1. The molecule has 1 aromatic heterocycles. The molecule has 0 saturated carbocycles. The fourth-order valence-electron chi connectivity index (χ4n) is 2.79. The smallest absolute Gasteiger partial charge is 0.193 e. The Morgan fingerprint density at radius 3 is 2.95 bits per heavy atom. The normalized spacial score (nSPS) is 27.8. The van der Waals surface area contributed by atoms with Gasteiger partial charge in [-0.3, -0.25) is 4.90 Å². The van der Waals surface area contributed by atoms with Crippen LogP contribution in [0.25, 0.3) is 10.2 Å².